The molecule has 0 spiro atoms. The third-order valence-electron chi connectivity index (χ3n) is 7.21. The molecule has 232 valence electrons. The Morgan fingerprint density at radius 2 is 1.65 bits per heavy atom. The number of rotatable bonds is 9. The lowest BCUT2D eigenvalue weighted by Gasteiger charge is -2.40. The summed E-state index contributed by atoms with van der Waals surface area (Å²) in [5.41, 5.74) is 0.754. The molecule has 43 heavy (non-hydrogen) atoms. The Balaban J connectivity index is 1.45. The van der Waals surface area contributed by atoms with Gasteiger partial charge in [-0.25, -0.2) is 13.4 Å². The molecule has 1 aliphatic heterocycles. The Labute approximate surface area is 244 Å². The Morgan fingerprint density at radius 3 is 2.21 bits per heavy atom. The van der Waals surface area contributed by atoms with Gasteiger partial charge >= 0.3 is 12.5 Å². The van der Waals surface area contributed by atoms with E-state index < -0.39 is 46.5 Å². The number of nitrogens with zero attached hydrogens (tertiary/aromatic N) is 2. The largest absolute Gasteiger partial charge is 0.522 e. The van der Waals surface area contributed by atoms with Gasteiger partial charge in [-0.2, -0.15) is 13.2 Å². The summed E-state index contributed by atoms with van der Waals surface area (Å²) in [5.74, 6) is -0.376. The van der Waals surface area contributed by atoms with Crippen molar-refractivity contribution < 1.29 is 44.3 Å². The summed E-state index contributed by atoms with van der Waals surface area (Å²) >= 11 is 0. The molecule has 4 rings (SSSR count). The third kappa shape index (κ3) is 8.69. The van der Waals surface area contributed by atoms with Gasteiger partial charge in [-0.15, -0.1) is 13.2 Å². The van der Waals surface area contributed by atoms with E-state index in [-0.39, 0.29) is 36.0 Å². The van der Waals surface area contributed by atoms with Crippen LogP contribution in [-0.2, 0) is 32.0 Å². The Kier molecular flexibility index (Phi) is 9.70. The zero-order valence-electron chi connectivity index (χ0n) is 23.0. The number of alkyl halides is 6. The number of carbonyl (C=O) groups excluding carboxylic acids is 1. The molecule has 0 bridgehead atoms. The van der Waals surface area contributed by atoms with Gasteiger partial charge in [-0.05, 0) is 60.4 Å². The Bertz CT molecular complexity index is 1490. The van der Waals surface area contributed by atoms with Gasteiger partial charge in [-0.1, -0.05) is 31.2 Å². The maximum absolute atomic E-state index is 13.0. The molecule has 7 nitrogen and oxygen atoms in total. The third-order valence-corrected chi connectivity index (χ3v) is 8.96. The summed E-state index contributed by atoms with van der Waals surface area (Å²) in [4.78, 5) is 18.7. The van der Waals surface area contributed by atoms with E-state index in [2.05, 4.69) is 15.0 Å². The Hall–Kier alpha value is -3.65. The first-order valence-electron chi connectivity index (χ1n) is 13.4. The normalized spacial score (nSPS) is 18.0. The number of amides is 1. The highest BCUT2D eigenvalue weighted by Crippen LogP contribution is 2.36. The molecule has 2 aromatic carbocycles. The maximum Gasteiger partial charge on any atom is 0.522 e. The van der Waals surface area contributed by atoms with Crippen molar-refractivity contribution >= 4 is 27.2 Å². The lowest BCUT2D eigenvalue weighted by atomic mass is 9.87. The topological polar surface area (TPSA) is 88.6 Å². The van der Waals surface area contributed by atoms with Gasteiger partial charge in [0.25, 0.3) is 0 Å². The predicted octanol–water partition coefficient (Wildman–Crippen LogP) is 6.36. The highest BCUT2D eigenvalue weighted by atomic mass is 32.2. The van der Waals surface area contributed by atoms with Gasteiger partial charge in [0, 0.05) is 12.5 Å². The number of carbonyl (C=O) groups is 1. The van der Waals surface area contributed by atoms with Gasteiger partial charge in [0.15, 0.2) is 9.84 Å². The van der Waals surface area contributed by atoms with E-state index in [0.717, 1.165) is 12.1 Å². The molecule has 14 heteroatoms. The molecule has 3 aromatic rings. The van der Waals surface area contributed by atoms with E-state index in [1.165, 1.54) is 43.5 Å². The summed E-state index contributed by atoms with van der Waals surface area (Å²) in [7, 11) is -3.36. The maximum atomic E-state index is 13.0. The lowest BCUT2D eigenvalue weighted by molar-refractivity contribution is -0.326. The van der Waals surface area contributed by atoms with Crippen molar-refractivity contribution in [1.29, 1.82) is 0 Å². The number of hydrogen-bond acceptors (Lipinski definition) is 6. The highest BCUT2D eigenvalue weighted by molar-refractivity contribution is 7.91. The van der Waals surface area contributed by atoms with Crippen LogP contribution < -0.4 is 10.2 Å². The van der Waals surface area contributed by atoms with E-state index in [4.69, 9.17) is 0 Å². The summed E-state index contributed by atoms with van der Waals surface area (Å²) in [6.07, 6.45) is -7.28. The van der Waals surface area contributed by atoms with Gasteiger partial charge in [0.2, 0.25) is 5.91 Å². The predicted molar refractivity (Wildman–Crippen MR) is 147 cm³/mol. The number of piperidine rings is 1. The van der Waals surface area contributed by atoms with Crippen molar-refractivity contribution in [3.63, 3.8) is 0 Å². The zero-order chi connectivity index (χ0) is 31.4. The van der Waals surface area contributed by atoms with Crippen molar-refractivity contribution in [1.82, 2.24) is 4.98 Å². The number of ether oxygens (including phenoxy) is 1. The van der Waals surface area contributed by atoms with Crippen LogP contribution in [0.4, 0.5) is 37.8 Å². The molecule has 1 N–H and O–H groups in total. The van der Waals surface area contributed by atoms with E-state index in [1.54, 1.807) is 23.1 Å². The number of pyridine rings is 1. The number of hydrogen-bond donors (Lipinski definition) is 1. The van der Waals surface area contributed by atoms with Gasteiger partial charge in [0.1, 0.15) is 5.82 Å². The van der Waals surface area contributed by atoms with Crippen molar-refractivity contribution in [2.45, 2.75) is 55.6 Å². The SMILES string of the molecule is CCS(=O)(=O)c1ccc(CC(=O)Nc2ccc(N3CC(c4ccc(C(F)(F)F)cc4)CC[C@H]3COC(F)(F)F)nc2)cc1. The second-order valence-electron chi connectivity index (χ2n) is 10.1. The molecular weight excluding hydrogens is 600 g/mol. The Morgan fingerprint density at radius 1 is 0.977 bits per heavy atom. The number of benzene rings is 2. The van der Waals surface area contributed by atoms with E-state index in [1.807, 2.05) is 0 Å². The van der Waals surface area contributed by atoms with Gasteiger partial charge in [0.05, 0.1) is 47.2 Å². The quantitative estimate of drug-likeness (QED) is 0.277. The van der Waals surface area contributed by atoms with Crippen LogP contribution in [0.15, 0.2) is 71.8 Å². The summed E-state index contributed by atoms with van der Waals surface area (Å²) in [5, 5.41) is 2.68. The molecule has 1 amide bonds. The lowest BCUT2D eigenvalue weighted by Crippen LogP contribution is -2.46. The number of sulfone groups is 1. The van der Waals surface area contributed by atoms with Crippen LogP contribution in [0.2, 0.25) is 0 Å². The smallest absolute Gasteiger partial charge is 0.351 e. The molecule has 1 aliphatic rings. The standard InChI is InChI=1S/C29H29F6N3O4S/c1-2-43(40,41)25-12-3-19(4-13-25)15-27(39)37-23-10-14-26(36-16-23)38-17-21(7-11-24(38)18-42-29(33,34)35)20-5-8-22(9-6-20)28(30,31)32/h3-6,8-10,12-14,16,21,24H,2,7,11,15,17-18H2,1H3,(H,37,39)/t21?,24-/m0/s1. The molecule has 1 unspecified atom stereocenters. The first-order valence-corrected chi connectivity index (χ1v) is 15.0. The zero-order valence-corrected chi connectivity index (χ0v) is 23.8. The first-order chi connectivity index (χ1) is 20.1. The van der Waals surface area contributed by atoms with Crippen LogP contribution in [0.1, 0.15) is 42.4 Å². The number of halogens is 6. The number of anilines is 2. The second-order valence-corrected chi connectivity index (χ2v) is 12.4. The summed E-state index contributed by atoms with van der Waals surface area (Å²) < 4.78 is 105. The van der Waals surface area contributed by atoms with Crippen LogP contribution in [0, 0.1) is 0 Å². The van der Waals surface area contributed by atoms with Gasteiger partial charge < -0.3 is 10.2 Å². The van der Waals surface area contributed by atoms with Crippen LogP contribution >= 0.6 is 0 Å². The van der Waals surface area contributed by atoms with Crippen molar-refractivity contribution in [2.24, 2.45) is 0 Å². The molecule has 2 atom stereocenters. The molecule has 1 fully saturated rings. The average Bonchev–Trinajstić information content (AvgIpc) is 2.96. The fraction of sp³-hybridized carbons (Fsp3) is 0.379. The number of nitrogens with one attached hydrogen (secondary N) is 1. The van der Waals surface area contributed by atoms with Crippen molar-refractivity contribution in [2.75, 3.05) is 29.1 Å². The molecule has 0 aliphatic carbocycles. The van der Waals surface area contributed by atoms with E-state index in [0.29, 0.717) is 29.1 Å². The molecule has 2 heterocycles. The minimum atomic E-state index is -4.83. The second kappa shape index (κ2) is 12.9. The number of aromatic nitrogens is 1. The molecule has 1 aromatic heterocycles. The first kappa shape index (κ1) is 32.3. The monoisotopic (exact) mass is 629 g/mol. The molecular formula is C29H29F6N3O4S. The average molecular weight is 630 g/mol. The van der Waals surface area contributed by atoms with Crippen molar-refractivity contribution in [3.05, 3.63) is 83.6 Å². The fourth-order valence-electron chi connectivity index (χ4n) is 4.89. The summed E-state index contributed by atoms with van der Waals surface area (Å²) in [6.45, 7) is 1.08. The van der Waals surface area contributed by atoms with Gasteiger partial charge in [-0.3, -0.25) is 9.53 Å². The fourth-order valence-corrected chi connectivity index (χ4v) is 5.77. The minimum absolute atomic E-state index is 0.0357. The van der Waals surface area contributed by atoms with Crippen LogP contribution in [0.5, 0.6) is 0 Å². The van der Waals surface area contributed by atoms with Crippen LogP contribution in [0.25, 0.3) is 0 Å². The van der Waals surface area contributed by atoms with Crippen LogP contribution in [0.3, 0.4) is 0 Å². The van der Waals surface area contributed by atoms with Crippen molar-refractivity contribution in [3.8, 4) is 0 Å². The summed E-state index contributed by atoms with van der Waals surface area (Å²) in [6, 6.07) is 13.1. The molecule has 1 saturated heterocycles. The molecule has 0 radical (unpaired) electrons. The minimum Gasteiger partial charge on any atom is -0.351 e. The van der Waals surface area contributed by atoms with E-state index in [9.17, 15) is 39.6 Å². The molecule has 0 saturated carbocycles. The van der Waals surface area contributed by atoms with Crippen LogP contribution in [-0.4, -0.2) is 50.6 Å². The highest BCUT2D eigenvalue weighted by Gasteiger charge is 2.36. The van der Waals surface area contributed by atoms with E-state index >= 15 is 0 Å².